The van der Waals surface area contributed by atoms with Crippen LogP contribution >= 0.6 is 12.4 Å². The van der Waals surface area contributed by atoms with Gasteiger partial charge in [0, 0.05) is 12.6 Å². The summed E-state index contributed by atoms with van der Waals surface area (Å²) in [6, 6.07) is 9.11. The molecule has 60 valence electrons. The Morgan fingerprint density at radius 1 is 1.27 bits per heavy atom. The van der Waals surface area contributed by atoms with Gasteiger partial charge in [-0.3, -0.25) is 4.79 Å². The number of halogens is 1. The normalized spacial score (nSPS) is 8.09. The van der Waals surface area contributed by atoms with E-state index in [1.807, 2.05) is 18.2 Å². The highest BCUT2D eigenvalue weighted by atomic mass is 35.5. The first-order valence-electron chi connectivity index (χ1n) is 3.11. The summed E-state index contributed by atoms with van der Waals surface area (Å²) < 4.78 is 0. The second kappa shape index (κ2) is 4.74. The van der Waals surface area contributed by atoms with Gasteiger partial charge in [-0.1, -0.05) is 18.2 Å². The van der Waals surface area contributed by atoms with E-state index >= 15 is 0 Å². The molecule has 0 heterocycles. The van der Waals surface area contributed by atoms with Crippen molar-refractivity contribution in [3.63, 3.8) is 0 Å². The summed E-state index contributed by atoms with van der Waals surface area (Å²) in [6.07, 6.45) is 0. The summed E-state index contributed by atoms with van der Waals surface area (Å²) in [4.78, 5) is 10.9. The number of hydrogen-bond acceptors (Lipinski definition) is 1. The molecule has 0 spiro atoms. The fourth-order valence-electron chi connectivity index (χ4n) is 0.734. The van der Waals surface area contributed by atoms with Crippen LogP contribution in [-0.4, -0.2) is 13.0 Å². The SMILES string of the molecule is CNC(=O)c1ccccc1.Cl. The van der Waals surface area contributed by atoms with Crippen molar-refractivity contribution < 1.29 is 4.79 Å². The summed E-state index contributed by atoms with van der Waals surface area (Å²) >= 11 is 0. The second-order valence-electron chi connectivity index (χ2n) is 1.95. The lowest BCUT2D eigenvalue weighted by atomic mass is 10.2. The molecule has 0 atom stereocenters. The minimum Gasteiger partial charge on any atom is -0.355 e. The number of amides is 1. The molecule has 1 amide bonds. The Hall–Kier alpha value is -1.02. The van der Waals surface area contributed by atoms with Crippen LogP contribution in [0.15, 0.2) is 30.3 Å². The molecule has 0 fully saturated rings. The number of benzene rings is 1. The highest BCUT2D eigenvalue weighted by Gasteiger charge is 1.97. The van der Waals surface area contributed by atoms with E-state index in [-0.39, 0.29) is 18.3 Å². The number of rotatable bonds is 1. The monoisotopic (exact) mass is 171 g/mol. The molecule has 0 aliphatic carbocycles. The lowest BCUT2D eigenvalue weighted by Crippen LogP contribution is -2.17. The maximum Gasteiger partial charge on any atom is 0.251 e. The average molecular weight is 172 g/mol. The van der Waals surface area contributed by atoms with Gasteiger partial charge in [-0.05, 0) is 12.1 Å². The van der Waals surface area contributed by atoms with E-state index < -0.39 is 0 Å². The Labute approximate surface area is 72.0 Å². The molecule has 1 aromatic carbocycles. The molecule has 0 aliphatic rings. The van der Waals surface area contributed by atoms with Crippen molar-refractivity contribution in [3.05, 3.63) is 35.9 Å². The van der Waals surface area contributed by atoms with Crippen LogP contribution in [-0.2, 0) is 0 Å². The van der Waals surface area contributed by atoms with Crippen molar-refractivity contribution >= 4 is 18.3 Å². The third-order valence-corrected chi connectivity index (χ3v) is 1.26. The minimum absolute atomic E-state index is 0. The first-order chi connectivity index (χ1) is 4.84. The lowest BCUT2D eigenvalue weighted by molar-refractivity contribution is 0.0963. The van der Waals surface area contributed by atoms with Crippen molar-refractivity contribution in [2.45, 2.75) is 0 Å². The Morgan fingerprint density at radius 3 is 2.27 bits per heavy atom. The molecule has 0 bridgehead atoms. The topological polar surface area (TPSA) is 29.1 Å². The molecule has 0 unspecified atom stereocenters. The predicted molar refractivity (Wildman–Crippen MR) is 47.1 cm³/mol. The molecule has 11 heavy (non-hydrogen) atoms. The molecule has 0 radical (unpaired) electrons. The van der Waals surface area contributed by atoms with Crippen LogP contribution < -0.4 is 5.32 Å². The molecule has 1 N–H and O–H groups in total. The van der Waals surface area contributed by atoms with Gasteiger partial charge in [-0.2, -0.15) is 0 Å². The van der Waals surface area contributed by atoms with Crippen molar-refractivity contribution in [1.82, 2.24) is 5.32 Å². The summed E-state index contributed by atoms with van der Waals surface area (Å²) in [5.74, 6) is -0.0411. The van der Waals surface area contributed by atoms with Crippen LogP contribution in [0.4, 0.5) is 0 Å². The molecule has 1 aromatic rings. The van der Waals surface area contributed by atoms with Crippen LogP contribution in [0.3, 0.4) is 0 Å². The van der Waals surface area contributed by atoms with Gasteiger partial charge in [-0.15, -0.1) is 12.4 Å². The highest BCUT2D eigenvalue weighted by molar-refractivity contribution is 5.93. The van der Waals surface area contributed by atoms with Crippen LogP contribution in [0.5, 0.6) is 0 Å². The standard InChI is InChI=1S/C8H9NO.ClH/c1-9-8(10)7-5-3-2-4-6-7;/h2-6H,1H3,(H,9,10);1H. The maximum atomic E-state index is 10.9. The first kappa shape index (κ1) is 9.98. The summed E-state index contributed by atoms with van der Waals surface area (Å²) in [6.45, 7) is 0. The Kier molecular flexibility index (Phi) is 4.30. The number of nitrogens with one attached hydrogen (secondary N) is 1. The van der Waals surface area contributed by atoms with Crippen LogP contribution in [0.25, 0.3) is 0 Å². The maximum absolute atomic E-state index is 10.9. The number of carbonyl (C=O) groups is 1. The van der Waals surface area contributed by atoms with Gasteiger partial charge in [0.05, 0.1) is 0 Å². The molecule has 0 aromatic heterocycles. The third-order valence-electron chi connectivity index (χ3n) is 1.26. The predicted octanol–water partition coefficient (Wildman–Crippen LogP) is 1.47. The molecule has 3 heteroatoms. The highest BCUT2D eigenvalue weighted by Crippen LogP contribution is 1.96. The van der Waals surface area contributed by atoms with E-state index in [0.717, 1.165) is 0 Å². The summed E-state index contributed by atoms with van der Waals surface area (Å²) in [5.41, 5.74) is 0.699. The lowest BCUT2D eigenvalue weighted by Gasteiger charge is -1.96. The molecule has 0 saturated heterocycles. The molecule has 0 saturated carbocycles. The number of hydrogen-bond donors (Lipinski definition) is 1. The molecule has 2 nitrogen and oxygen atoms in total. The van der Waals surface area contributed by atoms with Crippen LogP contribution in [0, 0.1) is 0 Å². The van der Waals surface area contributed by atoms with Crippen LogP contribution in [0.2, 0.25) is 0 Å². The van der Waals surface area contributed by atoms with Crippen LogP contribution in [0.1, 0.15) is 10.4 Å². The van der Waals surface area contributed by atoms with Crippen molar-refractivity contribution in [2.75, 3.05) is 7.05 Å². The molecule has 0 aliphatic heterocycles. The minimum atomic E-state index is -0.0411. The van der Waals surface area contributed by atoms with E-state index in [0.29, 0.717) is 5.56 Å². The smallest absolute Gasteiger partial charge is 0.251 e. The van der Waals surface area contributed by atoms with Gasteiger partial charge in [0.25, 0.3) is 5.91 Å². The average Bonchev–Trinajstić information content (AvgIpc) is 2.05. The Morgan fingerprint density at radius 2 is 1.82 bits per heavy atom. The van der Waals surface area contributed by atoms with Crippen molar-refractivity contribution in [3.8, 4) is 0 Å². The fourth-order valence-corrected chi connectivity index (χ4v) is 0.734. The summed E-state index contributed by atoms with van der Waals surface area (Å²) in [7, 11) is 1.62. The van der Waals surface area contributed by atoms with Gasteiger partial charge in [0.15, 0.2) is 0 Å². The fraction of sp³-hybridized carbons (Fsp3) is 0.125. The number of carbonyl (C=O) groups excluding carboxylic acids is 1. The van der Waals surface area contributed by atoms with Gasteiger partial charge in [0.1, 0.15) is 0 Å². The molecular weight excluding hydrogens is 162 g/mol. The Bertz CT molecular complexity index is 223. The first-order valence-corrected chi connectivity index (χ1v) is 3.11. The van der Waals surface area contributed by atoms with E-state index in [9.17, 15) is 4.79 Å². The van der Waals surface area contributed by atoms with Gasteiger partial charge in [-0.25, -0.2) is 0 Å². The van der Waals surface area contributed by atoms with Gasteiger partial charge >= 0.3 is 0 Å². The van der Waals surface area contributed by atoms with E-state index in [1.165, 1.54) is 0 Å². The third kappa shape index (κ3) is 2.60. The van der Waals surface area contributed by atoms with E-state index in [4.69, 9.17) is 0 Å². The summed E-state index contributed by atoms with van der Waals surface area (Å²) in [5, 5.41) is 2.54. The molecular formula is C8H10ClNO. The van der Waals surface area contributed by atoms with E-state index in [2.05, 4.69) is 5.32 Å². The second-order valence-corrected chi connectivity index (χ2v) is 1.95. The van der Waals surface area contributed by atoms with Crippen molar-refractivity contribution in [2.24, 2.45) is 0 Å². The van der Waals surface area contributed by atoms with Gasteiger partial charge < -0.3 is 5.32 Å². The zero-order valence-corrected chi connectivity index (χ0v) is 7.02. The largest absolute Gasteiger partial charge is 0.355 e. The van der Waals surface area contributed by atoms with E-state index in [1.54, 1.807) is 19.2 Å². The zero-order valence-electron chi connectivity index (χ0n) is 6.20. The molecule has 1 rings (SSSR count). The van der Waals surface area contributed by atoms with Gasteiger partial charge in [0.2, 0.25) is 0 Å². The van der Waals surface area contributed by atoms with Crippen molar-refractivity contribution in [1.29, 1.82) is 0 Å². The quantitative estimate of drug-likeness (QED) is 0.681. The Balaban J connectivity index is 0.000001000. The zero-order chi connectivity index (χ0) is 7.40.